The fraction of sp³-hybridized carbons (Fsp3) is 0.158. The molecule has 3 rings (SSSR count). The maximum atomic E-state index is 13.6. The van der Waals surface area contributed by atoms with Gasteiger partial charge < -0.3 is 4.74 Å². The number of benzene rings is 2. The molecular weight excluding hydrogens is 393 g/mol. The number of hydrogen-bond acceptors (Lipinski definition) is 4. The molecule has 2 aromatic carbocycles. The van der Waals surface area contributed by atoms with E-state index in [0.29, 0.717) is 32.1 Å². The van der Waals surface area contributed by atoms with Crippen LogP contribution in [0.2, 0.25) is 5.02 Å². The second-order valence-electron chi connectivity index (χ2n) is 5.50. The molecule has 0 unspecified atom stereocenters. The van der Waals surface area contributed by atoms with Gasteiger partial charge in [0.25, 0.3) is 5.91 Å². The summed E-state index contributed by atoms with van der Waals surface area (Å²) in [6.45, 7) is 2.51. The van der Waals surface area contributed by atoms with Gasteiger partial charge in [-0.15, -0.1) is 0 Å². The van der Waals surface area contributed by atoms with Crippen molar-refractivity contribution in [3.05, 3.63) is 69.3 Å². The van der Waals surface area contributed by atoms with Crippen molar-refractivity contribution in [2.75, 3.05) is 6.54 Å². The van der Waals surface area contributed by atoms with Gasteiger partial charge in [0.05, 0.1) is 9.93 Å². The minimum absolute atomic E-state index is 0.0842. The molecule has 0 atom stereocenters. The molecule has 1 saturated heterocycles. The molecule has 1 heterocycles. The summed E-state index contributed by atoms with van der Waals surface area (Å²) in [7, 11) is 0. The lowest BCUT2D eigenvalue weighted by molar-refractivity contribution is -0.121. The smallest absolute Gasteiger partial charge is 0.266 e. The molecular formula is C19H15ClFNO2S2. The zero-order valence-electron chi connectivity index (χ0n) is 13.9. The summed E-state index contributed by atoms with van der Waals surface area (Å²) in [5.41, 5.74) is 1.22. The van der Waals surface area contributed by atoms with E-state index in [9.17, 15) is 9.18 Å². The molecule has 7 heteroatoms. The van der Waals surface area contributed by atoms with Crippen LogP contribution in [0, 0.1) is 5.82 Å². The van der Waals surface area contributed by atoms with Crippen molar-refractivity contribution in [2.45, 2.75) is 13.5 Å². The second-order valence-corrected chi connectivity index (χ2v) is 7.58. The lowest BCUT2D eigenvalue weighted by Crippen LogP contribution is -2.27. The Hall–Kier alpha value is -1.89. The minimum atomic E-state index is -0.321. The quantitative estimate of drug-likeness (QED) is 0.498. The number of carbonyl (C=O) groups excluding carboxylic acids is 1. The summed E-state index contributed by atoms with van der Waals surface area (Å²) in [5.74, 6) is 0.0323. The highest BCUT2D eigenvalue weighted by Crippen LogP contribution is 2.34. The van der Waals surface area contributed by atoms with Crippen LogP contribution in [0.3, 0.4) is 0 Å². The van der Waals surface area contributed by atoms with E-state index in [2.05, 4.69) is 0 Å². The van der Waals surface area contributed by atoms with Gasteiger partial charge in [0.2, 0.25) is 0 Å². The molecule has 1 aliphatic rings. The van der Waals surface area contributed by atoms with Gasteiger partial charge in [0.1, 0.15) is 22.5 Å². The van der Waals surface area contributed by atoms with Crippen LogP contribution in [0.25, 0.3) is 6.08 Å². The number of amides is 1. The highest BCUT2D eigenvalue weighted by molar-refractivity contribution is 8.26. The number of carbonyl (C=O) groups is 1. The summed E-state index contributed by atoms with van der Waals surface area (Å²) in [6, 6.07) is 11.6. The van der Waals surface area contributed by atoms with Crippen molar-refractivity contribution >= 4 is 51.9 Å². The van der Waals surface area contributed by atoms with Crippen LogP contribution in [-0.4, -0.2) is 21.7 Å². The molecule has 1 fully saturated rings. The molecule has 0 saturated carbocycles. The van der Waals surface area contributed by atoms with Crippen LogP contribution in [0.5, 0.6) is 5.75 Å². The Morgan fingerprint density at radius 1 is 1.31 bits per heavy atom. The van der Waals surface area contributed by atoms with Crippen molar-refractivity contribution in [3.8, 4) is 5.75 Å². The molecule has 0 bridgehead atoms. The normalized spacial score (nSPS) is 15.8. The van der Waals surface area contributed by atoms with E-state index in [1.54, 1.807) is 47.4 Å². The summed E-state index contributed by atoms with van der Waals surface area (Å²) >= 11 is 12.7. The van der Waals surface area contributed by atoms with Crippen molar-refractivity contribution in [1.82, 2.24) is 4.90 Å². The number of thiocarbonyl (C=S) groups is 1. The van der Waals surface area contributed by atoms with Gasteiger partial charge in [-0.2, -0.15) is 0 Å². The predicted molar refractivity (Wildman–Crippen MR) is 108 cm³/mol. The third-order valence-electron chi connectivity index (χ3n) is 3.78. The Bertz CT molecular complexity index is 901. The minimum Gasteiger partial charge on any atom is -0.487 e. The zero-order valence-corrected chi connectivity index (χ0v) is 16.3. The van der Waals surface area contributed by atoms with Crippen molar-refractivity contribution < 1.29 is 13.9 Å². The average Bonchev–Trinajstić information content (AvgIpc) is 2.88. The fourth-order valence-corrected chi connectivity index (χ4v) is 4.05. The molecule has 3 nitrogen and oxygen atoms in total. The topological polar surface area (TPSA) is 29.5 Å². The third-order valence-corrected chi connectivity index (χ3v) is 5.46. The monoisotopic (exact) mass is 407 g/mol. The van der Waals surface area contributed by atoms with Crippen molar-refractivity contribution in [1.29, 1.82) is 0 Å². The number of ether oxygens (including phenoxy) is 1. The van der Waals surface area contributed by atoms with Gasteiger partial charge in [-0.25, -0.2) is 4.39 Å². The molecule has 0 spiro atoms. The van der Waals surface area contributed by atoms with Crippen LogP contribution >= 0.6 is 35.6 Å². The van der Waals surface area contributed by atoms with Crippen molar-refractivity contribution in [2.24, 2.45) is 0 Å². The van der Waals surface area contributed by atoms with Gasteiger partial charge in [-0.05, 0) is 36.8 Å². The summed E-state index contributed by atoms with van der Waals surface area (Å²) in [5, 5.41) is 0.390. The first-order valence-corrected chi connectivity index (χ1v) is 9.51. The van der Waals surface area contributed by atoms with Gasteiger partial charge in [-0.1, -0.05) is 59.8 Å². The molecule has 26 heavy (non-hydrogen) atoms. The van der Waals surface area contributed by atoms with Crippen LogP contribution in [0.4, 0.5) is 4.39 Å². The van der Waals surface area contributed by atoms with E-state index in [1.165, 1.54) is 17.8 Å². The highest BCUT2D eigenvalue weighted by atomic mass is 35.5. The number of nitrogens with zero attached hydrogens (tertiary/aromatic N) is 1. The Labute approximate surface area is 165 Å². The van der Waals surface area contributed by atoms with Crippen LogP contribution < -0.4 is 4.74 Å². The zero-order chi connectivity index (χ0) is 18.7. The van der Waals surface area contributed by atoms with Gasteiger partial charge in [0.15, 0.2) is 0 Å². The third kappa shape index (κ3) is 4.09. The van der Waals surface area contributed by atoms with Gasteiger partial charge in [0, 0.05) is 12.1 Å². The number of thioether (sulfide) groups is 1. The summed E-state index contributed by atoms with van der Waals surface area (Å²) in [4.78, 5) is 14.4. The molecule has 1 aliphatic heterocycles. The van der Waals surface area contributed by atoms with E-state index in [-0.39, 0.29) is 18.3 Å². The number of hydrogen-bond donors (Lipinski definition) is 0. The van der Waals surface area contributed by atoms with E-state index in [1.807, 2.05) is 6.92 Å². The van der Waals surface area contributed by atoms with Crippen LogP contribution in [0.1, 0.15) is 18.1 Å². The maximum absolute atomic E-state index is 13.6. The van der Waals surface area contributed by atoms with Crippen LogP contribution in [-0.2, 0) is 11.4 Å². The largest absolute Gasteiger partial charge is 0.487 e. The van der Waals surface area contributed by atoms with E-state index < -0.39 is 0 Å². The average molecular weight is 408 g/mol. The first-order valence-electron chi connectivity index (χ1n) is 7.90. The molecule has 2 aromatic rings. The summed E-state index contributed by atoms with van der Waals surface area (Å²) < 4.78 is 19.8. The number of rotatable bonds is 5. The number of halogens is 2. The second kappa shape index (κ2) is 8.20. The molecule has 0 aromatic heterocycles. The SMILES string of the molecule is CCN1C(=O)/C(=C/c2ccc(OCc3ccccc3F)c(Cl)c2)SC1=S. The molecule has 0 radical (unpaired) electrons. The Kier molecular flexibility index (Phi) is 5.96. The lowest BCUT2D eigenvalue weighted by atomic mass is 10.2. The first-order chi connectivity index (χ1) is 12.5. The van der Waals surface area contributed by atoms with Crippen LogP contribution in [0.15, 0.2) is 47.4 Å². The van der Waals surface area contributed by atoms with Gasteiger partial charge >= 0.3 is 0 Å². The lowest BCUT2D eigenvalue weighted by Gasteiger charge is -2.10. The van der Waals surface area contributed by atoms with Crippen molar-refractivity contribution in [3.63, 3.8) is 0 Å². The van der Waals surface area contributed by atoms with E-state index >= 15 is 0 Å². The molecule has 0 aliphatic carbocycles. The Morgan fingerprint density at radius 3 is 2.73 bits per heavy atom. The fourth-order valence-electron chi connectivity index (χ4n) is 2.42. The van der Waals surface area contributed by atoms with E-state index in [4.69, 9.17) is 28.6 Å². The summed E-state index contributed by atoms with van der Waals surface area (Å²) in [6.07, 6.45) is 1.75. The standard InChI is InChI=1S/C19H15ClFNO2S2/c1-2-22-18(23)17(26-19(22)25)10-12-7-8-16(14(20)9-12)24-11-13-5-3-4-6-15(13)21/h3-10H,2,11H2,1H3/b17-10-. The predicted octanol–water partition coefficient (Wildman–Crippen LogP) is 5.28. The molecule has 0 N–H and O–H groups in total. The Balaban J connectivity index is 1.74. The number of likely N-dealkylation sites (N-methyl/N-ethyl adjacent to an activating group) is 1. The molecule has 134 valence electrons. The highest BCUT2D eigenvalue weighted by Gasteiger charge is 2.30. The first kappa shape index (κ1) is 18.9. The van der Waals surface area contributed by atoms with Gasteiger partial charge in [-0.3, -0.25) is 9.69 Å². The Morgan fingerprint density at radius 2 is 2.08 bits per heavy atom. The molecule has 1 amide bonds. The maximum Gasteiger partial charge on any atom is 0.266 e. The van der Waals surface area contributed by atoms with E-state index in [0.717, 1.165) is 5.56 Å².